The second kappa shape index (κ2) is 37.3. The molecule has 0 saturated heterocycles. The van der Waals surface area contributed by atoms with Crippen molar-refractivity contribution in [2.75, 3.05) is 26.4 Å². The first-order chi connectivity index (χ1) is 26.1. The van der Waals surface area contributed by atoms with Gasteiger partial charge in [-0.1, -0.05) is 120 Å². The van der Waals surface area contributed by atoms with E-state index in [2.05, 4.69) is 60.9 Å². The van der Waals surface area contributed by atoms with Crippen molar-refractivity contribution >= 4 is 25.5 Å². The third kappa shape index (κ3) is 36.3. The van der Waals surface area contributed by atoms with Crippen molar-refractivity contribution in [2.45, 2.75) is 161 Å². The lowest BCUT2D eigenvalue weighted by atomic mass is 10.1. The highest BCUT2D eigenvalue weighted by Gasteiger charge is 2.27. The second-order valence-electron chi connectivity index (χ2n) is 13.3. The van der Waals surface area contributed by atoms with Gasteiger partial charge in [0.15, 0.2) is 11.9 Å². The first kappa shape index (κ1) is 51.3. The summed E-state index contributed by atoms with van der Waals surface area (Å²) in [6.07, 6.45) is 36.0. The molecule has 12 heteroatoms. The Bertz CT molecular complexity index is 1150. The predicted molar refractivity (Wildman–Crippen MR) is 215 cm³/mol. The van der Waals surface area contributed by atoms with Gasteiger partial charge in [-0.15, -0.1) is 0 Å². The molecule has 0 aliphatic rings. The third-order valence-corrected chi connectivity index (χ3v) is 9.08. The summed E-state index contributed by atoms with van der Waals surface area (Å²) in [4.78, 5) is 46.6. The van der Waals surface area contributed by atoms with Gasteiger partial charge >= 0.3 is 19.8 Å². The minimum absolute atomic E-state index is 0.144. The Morgan fingerprint density at radius 1 is 0.630 bits per heavy atom. The largest absolute Gasteiger partial charge is 0.472 e. The first-order valence-electron chi connectivity index (χ1n) is 20.2. The maximum absolute atomic E-state index is 12.6. The zero-order chi connectivity index (χ0) is 40.0. The lowest BCUT2D eigenvalue weighted by Crippen LogP contribution is -2.29. The number of aliphatic hydroxyl groups excluding tert-OH is 2. The molecule has 0 aliphatic heterocycles. The maximum atomic E-state index is 12.6. The molecule has 3 N–H and O–H groups in total. The van der Waals surface area contributed by atoms with E-state index < -0.39 is 51.8 Å². The number of aliphatic hydroxyl groups is 2. The Hall–Kier alpha value is -2.66. The molecule has 0 rings (SSSR count). The molecular formula is C42H71O11P. The molecule has 0 saturated carbocycles. The van der Waals surface area contributed by atoms with Crippen LogP contribution in [0.1, 0.15) is 149 Å². The minimum atomic E-state index is -4.64. The summed E-state index contributed by atoms with van der Waals surface area (Å²) in [5.74, 6) is -0.849. The summed E-state index contributed by atoms with van der Waals surface area (Å²) >= 11 is 0. The van der Waals surface area contributed by atoms with Gasteiger partial charge in [0.1, 0.15) is 12.7 Å². The quantitative estimate of drug-likeness (QED) is 0.0137. The van der Waals surface area contributed by atoms with Gasteiger partial charge in [-0.25, -0.2) is 4.57 Å². The summed E-state index contributed by atoms with van der Waals surface area (Å²) in [7, 11) is -4.64. The number of phosphoric ester groups is 1. The van der Waals surface area contributed by atoms with Crippen LogP contribution in [-0.2, 0) is 37.5 Å². The molecule has 0 spiro atoms. The number of allylic oxidation sites excluding steroid dienone is 10. The fourth-order valence-corrected chi connectivity index (χ4v) is 5.78. The first-order valence-corrected chi connectivity index (χ1v) is 21.7. The summed E-state index contributed by atoms with van der Waals surface area (Å²) < 4.78 is 32.6. The van der Waals surface area contributed by atoms with E-state index in [9.17, 15) is 28.9 Å². The highest BCUT2D eigenvalue weighted by Crippen LogP contribution is 2.43. The Labute approximate surface area is 325 Å². The van der Waals surface area contributed by atoms with Gasteiger partial charge in [0.2, 0.25) is 0 Å². The van der Waals surface area contributed by atoms with Crippen molar-refractivity contribution in [3.05, 3.63) is 60.8 Å². The second-order valence-corrected chi connectivity index (χ2v) is 14.8. The molecule has 0 heterocycles. The highest BCUT2D eigenvalue weighted by atomic mass is 31.2. The number of hydrogen-bond donors (Lipinski definition) is 3. The van der Waals surface area contributed by atoms with Crippen LogP contribution in [0.15, 0.2) is 60.8 Å². The van der Waals surface area contributed by atoms with Crippen molar-refractivity contribution in [3.8, 4) is 0 Å². The van der Waals surface area contributed by atoms with E-state index in [0.717, 1.165) is 103 Å². The molecule has 0 bridgehead atoms. The number of carbonyl (C=O) groups is 3. The number of rotatable bonds is 37. The Morgan fingerprint density at radius 3 is 1.83 bits per heavy atom. The van der Waals surface area contributed by atoms with E-state index in [0.29, 0.717) is 19.3 Å². The molecule has 0 fully saturated rings. The van der Waals surface area contributed by atoms with Gasteiger partial charge in [0.05, 0.1) is 19.8 Å². The number of ether oxygens (including phenoxy) is 2. The molecule has 1 unspecified atom stereocenters. The predicted octanol–water partition coefficient (Wildman–Crippen LogP) is 9.51. The third-order valence-electron chi connectivity index (χ3n) is 8.13. The normalized spacial score (nSPS) is 14.5. The van der Waals surface area contributed by atoms with E-state index in [1.807, 2.05) is 6.08 Å². The molecular weight excluding hydrogens is 711 g/mol. The van der Waals surface area contributed by atoms with E-state index in [1.54, 1.807) is 12.2 Å². The number of ketones is 1. The smallest absolute Gasteiger partial charge is 0.462 e. The van der Waals surface area contributed by atoms with Crippen molar-refractivity contribution in [3.63, 3.8) is 0 Å². The van der Waals surface area contributed by atoms with Crippen LogP contribution >= 0.6 is 7.82 Å². The Kier molecular flexibility index (Phi) is 35.4. The van der Waals surface area contributed by atoms with E-state index in [1.165, 1.54) is 0 Å². The average molecular weight is 783 g/mol. The highest BCUT2D eigenvalue weighted by molar-refractivity contribution is 7.47. The Morgan fingerprint density at radius 2 is 1.19 bits per heavy atom. The van der Waals surface area contributed by atoms with E-state index in [4.69, 9.17) is 19.1 Å². The Balaban J connectivity index is 4.44. The van der Waals surface area contributed by atoms with Crippen LogP contribution < -0.4 is 0 Å². The topological polar surface area (TPSA) is 166 Å². The van der Waals surface area contributed by atoms with Crippen LogP contribution in [0.2, 0.25) is 0 Å². The van der Waals surface area contributed by atoms with Gasteiger partial charge in [-0.3, -0.25) is 23.4 Å². The van der Waals surface area contributed by atoms with Gasteiger partial charge in [0.25, 0.3) is 0 Å². The zero-order valence-electron chi connectivity index (χ0n) is 33.2. The molecule has 3 atom stereocenters. The van der Waals surface area contributed by atoms with Crippen molar-refractivity contribution in [1.29, 1.82) is 0 Å². The fourth-order valence-electron chi connectivity index (χ4n) is 4.99. The van der Waals surface area contributed by atoms with Crippen LogP contribution in [0.4, 0.5) is 0 Å². The minimum Gasteiger partial charge on any atom is -0.462 e. The van der Waals surface area contributed by atoms with Crippen molar-refractivity contribution < 1.29 is 52.6 Å². The molecule has 0 radical (unpaired) electrons. The molecule has 0 aliphatic carbocycles. The number of esters is 2. The van der Waals surface area contributed by atoms with Gasteiger partial charge in [-0.2, -0.15) is 0 Å². The van der Waals surface area contributed by atoms with Crippen LogP contribution in [0.5, 0.6) is 0 Å². The molecule has 0 aromatic carbocycles. The van der Waals surface area contributed by atoms with Crippen molar-refractivity contribution in [1.82, 2.24) is 0 Å². The number of phosphoric acid groups is 1. The summed E-state index contributed by atoms with van der Waals surface area (Å²) in [6, 6.07) is 0. The number of unbranched alkanes of at least 4 members (excludes halogenated alkanes) is 12. The SMILES string of the molecule is CC/C=C\C/C=C\C/C=C\CCCCCCCC(=O)O[C@H](COC(=O)CCCCCCC/C=C\C=C\C(=O)CCCCC)COP(=O)(O)OC[C@@H](O)CO. The van der Waals surface area contributed by atoms with Crippen LogP contribution in [0, 0.1) is 0 Å². The molecule has 310 valence electrons. The van der Waals surface area contributed by atoms with Gasteiger partial charge in [-0.05, 0) is 70.3 Å². The lowest BCUT2D eigenvalue weighted by molar-refractivity contribution is -0.161. The van der Waals surface area contributed by atoms with Crippen LogP contribution in [0.3, 0.4) is 0 Å². The fraction of sp³-hybridized carbons (Fsp3) is 0.690. The summed E-state index contributed by atoms with van der Waals surface area (Å²) in [6.45, 7) is 2.02. The molecule has 0 aromatic heterocycles. The van der Waals surface area contributed by atoms with E-state index in [-0.39, 0.29) is 25.2 Å². The number of hydrogen-bond acceptors (Lipinski definition) is 10. The lowest BCUT2D eigenvalue weighted by Gasteiger charge is -2.20. The molecule has 0 amide bonds. The monoisotopic (exact) mass is 782 g/mol. The average Bonchev–Trinajstić information content (AvgIpc) is 3.15. The molecule has 11 nitrogen and oxygen atoms in total. The zero-order valence-corrected chi connectivity index (χ0v) is 34.1. The van der Waals surface area contributed by atoms with Crippen LogP contribution in [-0.4, -0.2) is 71.5 Å². The van der Waals surface area contributed by atoms with Gasteiger partial charge < -0.3 is 24.6 Å². The van der Waals surface area contributed by atoms with Crippen molar-refractivity contribution in [2.24, 2.45) is 0 Å². The standard InChI is InChI=1S/C42H71O11P/c1-3-5-7-8-9-10-11-12-13-14-15-18-22-25-29-33-42(47)53-40(37-52-54(48,49)51-35-39(45)34-43)36-50-41(46)32-28-24-21-19-16-17-20-23-27-31-38(44)30-26-6-4-2/h5,7,9-10,12-13,20,23,27,31,39-40,43,45H,3-4,6,8,11,14-19,21-22,24-26,28-30,32-37H2,1-2H3,(H,48,49)/b7-5-,10-9-,13-12-,23-20-,31-27+/t39-,40+/m0/s1. The molecule has 0 aromatic rings. The maximum Gasteiger partial charge on any atom is 0.472 e. The summed E-state index contributed by atoms with van der Waals surface area (Å²) in [5.41, 5.74) is 0. The van der Waals surface area contributed by atoms with E-state index >= 15 is 0 Å². The van der Waals surface area contributed by atoms with Gasteiger partial charge in [0, 0.05) is 19.3 Å². The summed E-state index contributed by atoms with van der Waals surface area (Å²) in [5, 5.41) is 18.3. The molecule has 54 heavy (non-hydrogen) atoms. The van der Waals surface area contributed by atoms with Crippen LogP contribution in [0.25, 0.3) is 0 Å². The number of carbonyl (C=O) groups excluding carboxylic acids is 3.